The lowest BCUT2D eigenvalue weighted by molar-refractivity contribution is -0.132. The van der Waals surface area contributed by atoms with Crippen LogP contribution in [0.4, 0.5) is 0 Å². The molecule has 38 heavy (non-hydrogen) atoms. The van der Waals surface area contributed by atoms with Crippen LogP contribution in [0.5, 0.6) is 0 Å². The molecule has 198 valence electrons. The largest absolute Gasteiger partial charge is 0.345 e. The maximum Gasteiger partial charge on any atom is 0.254 e. The van der Waals surface area contributed by atoms with Crippen molar-refractivity contribution in [1.29, 1.82) is 0 Å². The van der Waals surface area contributed by atoms with Crippen LogP contribution >= 0.6 is 15.9 Å². The topological polar surface area (TPSA) is 45.6 Å². The molecule has 1 aromatic heterocycles. The van der Waals surface area contributed by atoms with Gasteiger partial charge in [-0.1, -0.05) is 78.7 Å². The van der Waals surface area contributed by atoms with Gasteiger partial charge < -0.3 is 14.4 Å². The van der Waals surface area contributed by atoms with Crippen LogP contribution in [0, 0.1) is 0 Å². The Labute approximate surface area is 234 Å². The van der Waals surface area contributed by atoms with Gasteiger partial charge >= 0.3 is 0 Å². The van der Waals surface area contributed by atoms with Gasteiger partial charge in [0, 0.05) is 41.6 Å². The number of amides is 2. The summed E-state index contributed by atoms with van der Waals surface area (Å²) in [5.74, 6) is -0.113. The molecule has 0 aliphatic heterocycles. The van der Waals surface area contributed by atoms with Crippen molar-refractivity contribution in [3.8, 4) is 0 Å². The first-order valence-electron chi connectivity index (χ1n) is 13.4. The summed E-state index contributed by atoms with van der Waals surface area (Å²) in [5, 5.41) is 2.12. The van der Waals surface area contributed by atoms with Crippen LogP contribution in [0.25, 0.3) is 10.8 Å². The number of rotatable bonds is 12. The molecule has 6 heteroatoms. The van der Waals surface area contributed by atoms with Crippen LogP contribution in [-0.2, 0) is 17.9 Å². The molecule has 0 bridgehead atoms. The number of benzene rings is 3. The minimum absolute atomic E-state index is 0.0163. The fourth-order valence-electron chi connectivity index (χ4n) is 4.66. The molecule has 2 amide bonds. The molecule has 0 N–H and O–H groups in total. The van der Waals surface area contributed by atoms with Crippen LogP contribution in [0.2, 0.25) is 0 Å². The summed E-state index contributed by atoms with van der Waals surface area (Å²) in [6.07, 6.45) is 4.77. The van der Waals surface area contributed by atoms with E-state index in [-0.39, 0.29) is 18.4 Å². The molecule has 0 saturated heterocycles. The molecule has 0 spiro atoms. The van der Waals surface area contributed by atoms with Gasteiger partial charge in [0.2, 0.25) is 5.91 Å². The van der Waals surface area contributed by atoms with Crippen molar-refractivity contribution in [2.24, 2.45) is 0 Å². The van der Waals surface area contributed by atoms with Gasteiger partial charge in [0.05, 0.1) is 6.54 Å². The lowest BCUT2D eigenvalue weighted by atomic mass is 10.1. The van der Waals surface area contributed by atoms with E-state index in [1.807, 2.05) is 72.5 Å². The highest BCUT2D eigenvalue weighted by molar-refractivity contribution is 9.10. The Kier molecular flexibility index (Phi) is 9.77. The van der Waals surface area contributed by atoms with Gasteiger partial charge in [0.1, 0.15) is 6.54 Å². The standard InChI is InChI=1S/C32H36BrN3O2/c1-3-5-19-35(23-30-11-8-20-34(30)22-25-12-16-29(33)17-13-25)31(37)24-36(18-4-2)32(38)28-15-14-26-9-6-7-10-27(26)21-28/h6-17,20-21H,3-5,18-19,22-24H2,1-2H3. The molecule has 0 atom stereocenters. The first-order valence-corrected chi connectivity index (χ1v) is 14.2. The SMILES string of the molecule is CCCCN(Cc1cccn1Cc1ccc(Br)cc1)C(=O)CN(CCC)C(=O)c1ccc2ccccc2c1. The Hall–Kier alpha value is -3.38. The van der Waals surface area contributed by atoms with E-state index in [2.05, 4.69) is 51.8 Å². The van der Waals surface area contributed by atoms with E-state index >= 15 is 0 Å². The first-order chi connectivity index (χ1) is 18.5. The second-order valence-electron chi connectivity index (χ2n) is 9.71. The zero-order chi connectivity index (χ0) is 26.9. The van der Waals surface area contributed by atoms with E-state index in [1.165, 1.54) is 5.56 Å². The van der Waals surface area contributed by atoms with Crippen LogP contribution in [0.15, 0.2) is 89.5 Å². The molecule has 5 nitrogen and oxygen atoms in total. The Morgan fingerprint density at radius 3 is 2.32 bits per heavy atom. The summed E-state index contributed by atoms with van der Waals surface area (Å²) in [4.78, 5) is 30.7. The second-order valence-corrected chi connectivity index (χ2v) is 10.6. The number of hydrogen-bond donors (Lipinski definition) is 0. The number of fused-ring (bicyclic) bond motifs is 1. The van der Waals surface area contributed by atoms with Crippen molar-refractivity contribution in [2.45, 2.75) is 46.2 Å². The number of halogens is 1. The number of nitrogens with zero attached hydrogens (tertiary/aromatic N) is 3. The number of aromatic nitrogens is 1. The fraction of sp³-hybridized carbons (Fsp3) is 0.312. The third-order valence-corrected chi connectivity index (χ3v) is 7.31. The summed E-state index contributed by atoms with van der Waals surface area (Å²) in [6, 6.07) is 26.2. The molecule has 0 aliphatic carbocycles. The van der Waals surface area contributed by atoms with E-state index in [0.29, 0.717) is 25.2 Å². The van der Waals surface area contributed by atoms with Gasteiger partial charge in [0.25, 0.3) is 5.91 Å². The van der Waals surface area contributed by atoms with Crippen molar-refractivity contribution in [3.63, 3.8) is 0 Å². The predicted octanol–water partition coefficient (Wildman–Crippen LogP) is 7.13. The number of carbonyl (C=O) groups excluding carboxylic acids is 2. The third-order valence-electron chi connectivity index (χ3n) is 6.78. The van der Waals surface area contributed by atoms with E-state index in [1.54, 1.807) is 4.90 Å². The smallest absolute Gasteiger partial charge is 0.254 e. The van der Waals surface area contributed by atoms with Crippen LogP contribution < -0.4 is 0 Å². The van der Waals surface area contributed by atoms with Crippen molar-refractivity contribution in [2.75, 3.05) is 19.6 Å². The number of unbranched alkanes of at least 4 members (excludes halogenated alkanes) is 1. The Bertz CT molecular complexity index is 1360. The molecular formula is C32H36BrN3O2. The minimum atomic E-state index is -0.0972. The zero-order valence-corrected chi connectivity index (χ0v) is 23.9. The van der Waals surface area contributed by atoms with Crippen molar-refractivity contribution >= 4 is 38.5 Å². The van der Waals surface area contributed by atoms with Crippen molar-refractivity contribution in [3.05, 3.63) is 106 Å². The molecule has 0 saturated carbocycles. The van der Waals surface area contributed by atoms with Gasteiger partial charge in [-0.15, -0.1) is 0 Å². The Morgan fingerprint density at radius 2 is 1.58 bits per heavy atom. The molecule has 1 heterocycles. The fourth-order valence-corrected chi connectivity index (χ4v) is 4.93. The van der Waals surface area contributed by atoms with Gasteiger partial charge in [-0.05, 0) is 65.6 Å². The monoisotopic (exact) mass is 573 g/mol. The lowest BCUT2D eigenvalue weighted by Gasteiger charge is -2.28. The normalized spacial score (nSPS) is 11.0. The lowest BCUT2D eigenvalue weighted by Crippen LogP contribution is -2.43. The summed E-state index contributed by atoms with van der Waals surface area (Å²) >= 11 is 3.50. The second kappa shape index (κ2) is 13.4. The highest BCUT2D eigenvalue weighted by Gasteiger charge is 2.23. The minimum Gasteiger partial charge on any atom is -0.345 e. The van der Waals surface area contributed by atoms with Crippen LogP contribution in [-0.4, -0.2) is 45.8 Å². The maximum atomic E-state index is 13.6. The average molecular weight is 575 g/mol. The van der Waals surface area contributed by atoms with Crippen molar-refractivity contribution in [1.82, 2.24) is 14.4 Å². The Morgan fingerprint density at radius 1 is 0.816 bits per heavy atom. The first kappa shape index (κ1) is 27.6. The molecule has 0 unspecified atom stereocenters. The summed E-state index contributed by atoms with van der Waals surface area (Å²) in [7, 11) is 0. The van der Waals surface area contributed by atoms with E-state index in [4.69, 9.17) is 0 Å². The van der Waals surface area contributed by atoms with Gasteiger partial charge in [-0.3, -0.25) is 9.59 Å². The van der Waals surface area contributed by atoms with E-state index in [9.17, 15) is 9.59 Å². The third kappa shape index (κ3) is 7.13. The van der Waals surface area contributed by atoms with Crippen LogP contribution in [0.1, 0.15) is 54.7 Å². The predicted molar refractivity (Wildman–Crippen MR) is 158 cm³/mol. The molecule has 0 aliphatic rings. The zero-order valence-electron chi connectivity index (χ0n) is 22.3. The van der Waals surface area contributed by atoms with Gasteiger partial charge in [0.15, 0.2) is 0 Å². The Balaban J connectivity index is 1.49. The molecule has 4 aromatic rings. The van der Waals surface area contributed by atoms with Crippen LogP contribution in [0.3, 0.4) is 0 Å². The highest BCUT2D eigenvalue weighted by Crippen LogP contribution is 2.18. The number of carbonyl (C=O) groups is 2. The van der Waals surface area contributed by atoms with Gasteiger partial charge in [-0.25, -0.2) is 0 Å². The molecule has 3 aromatic carbocycles. The summed E-state index contributed by atoms with van der Waals surface area (Å²) < 4.78 is 3.25. The van der Waals surface area contributed by atoms with E-state index < -0.39 is 0 Å². The van der Waals surface area contributed by atoms with Gasteiger partial charge in [-0.2, -0.15) is 0 Å². The van der Waals surface area contributed by atoms with Crippen molar-refractivity contribution < 1.29 is 9.59 Å². The molecular weight excluding hydrogens is 538 g/mol. The summed E-state index contributed by atoms with van der Waals surface area (Å²) in [5.41, 5.74) is 2.90. The molecule has 4 rings (SSSR count). The van der Waals surface area contributed by atoms with E-state index in [0.717, 1.165) is 46.7 Å². The quantitative estimate of drug-likeness (QED) is 0.181. The molecule has 0 radical (unpaired) electrons. The molecule has 0 fully saturated rings. The maximum absolute atomic E-state index is 13.6. The highest BCUT2D eigenvalue weighted by atomic mass is 79.9. The summed E-state index contributed by atoms with van der Waals surface area (Å²) in [6.45, 7) is 6.72. The average Bonchev–Trinajstić information content (AvgIpc) is 3.37. The number of hydrogen-bond acceptors (Lipinski definition) is 2.